The molecular weight excluding hydrogens is 280 g/mol. The van der Waals surface area contributed by atoms with Gasteiger partial charge in [0.15, 0.2) is 11.7 Å². The van der Waals surface area contributed by atoms with E-state index in [4.69, 9.17) is 9.52 Å². The van der Waals surface area contributed by atoms with Gasteiger partial charge in [-0.1, -0.05) is 0 Å². The van der Waals surface area contributed by atoms with Crippen LogP contribution in [-0.4, -0.2) is 40.9 Å². The zero-order valence-electron chi connectivity index (χ0n) is 10.5. The minimum atomic E-state index is -4.67. The summed E-state index contributed by atoms with van der Waals surface area (Å²) in [6.45, 7) is -0.625. The lowest BCUT2D eigenvalue weighted by molar-refractivity contribution is -0.207. The predicted molar refractivity (Wildman–Crippen MR) is 62.4 cm³/mol. The number of hydrogen-bond donors (Lipinski definition) is 1. The highest BCUT2D eigenvalue weighted by atomic mass is 19.4. The first-order valence-electron chi connectivity index (χ1n) is 5.74. The van der Waals surface area contributed by atoms with Crippen molar-refractivity contribution >= 4 is 11.1 Å². The molecular formula is C12H12F4N2O2. The quantitative estimate of drug-likeness (QED) is 0.879. The second kappa shape index (κ2) is 5.37. The molecule has 0 spiro atoms. The Bertz CT molecular complexity index is 597. The molecule has 0 aliphatic heterocycles. The van der Waals surface area contributed by atoms with Gasteiger partial charge in [-0.3, -0.25) is 4.90 Å². The minimum Gasteiger partial charge on any atom is -0.439 e. The number of aromatic nitrogens is 1. The van der Waals surface area contributed by atoms with Crippen LogP contribution in [0.4, 0.5) is 17.6 Å². The van der Waals surface area contributed by atoms with E-state index >= 15 is 0 Å². The number of nitrogens with zero attached hydrogens (tertiary/aromatic N) is 2. The molecule has 2 rings (SSSR count). The monoisotopic (exact) mass is 292 g/mol. The third kappa shape index (κ3) is 3.45. The summed E-state index contributed by atoms with van der Waals surface area (Å²) >= 11 is 0. The van der Waals surface area contributed by atoms with Gasteiger partial charge in [0.1, 0.15) is 11.3 Å². The lowest BCUT2D eigenvalue weighted by atomic mass is 10.3. The maximum atomic E-state index is 13.0. The van der Waals surface area contributed by atoms with E-state index in [1.165, 1.54) is 24.1 Å². The van der Waals surface area contributed by atoms with Gasteiger partial charge in [-0.15, -0.1) is 0 Å². The first-order chi connectivity index (χ1) is 9.25. The second-order valence-corrected chi connectivity index (χ2v) is 4.47. The van der Waals surface area contributed by atoms with Crippen molar-refractivity contribution in [2.75, 3.05) is 13.6 Å². The molecule has 0 saturated carbocycles. The van der Waals surface area contributed by atoms with Crippen LogP contribution < -0.4 is 0 Å². The smallest absolute Gasteiger partial charge is 0.415 e. The van der Waals surface area contributed by atoms with E-state index in [1.54, 1.807) is 0 Å². The minimum absolute atomic E-state index is 0.0244. The summed E-state index contributed by atoms with van der Waals surface area (Å²) in [7, 11) is 1.39. The van der Waals surface area contributed by atoms with Gasteiger partial charge in [0, 0.05) is 12.6 Å². The fourth-order valence-corrected chi connectivity index (χ4v) is 1.71. The largest absolute Gasteiger partial charge is 0.439 e. The van der Waals surface area contributed by atoms with Crippen molar-refractivity contribution < 1.29 is 27.1 Å². The Balaban J connectivity index is 2.04. The first-order valence-corrected chi connectivity index (χ1v) is 5.74. The summed E-state index contributed by atoms with van der Waals surface area (Å²) in [5, 5.41) is 8.94. The predicted octanol–water partition coefficient (Wildman–Crippen LogP) is 2.32. The number of fused-ring (bicyclic) bond motifs is 1. The molecule has 1 unspecified atom stereocenters. The molecule has 0 aliphatic rings. The SMILES string of the molecule is CN(Cc1nc2ccc(F)cc2o1)CC(O)C(F)(F)F. The van der Waals surface area contributed by atoms with Crippen LogP contribution in [0, 0.1) is 5.82 Å². The molecule has 0 aliphatic carbocycles. The molecule has 1 N–H and O–H groups in total. The molecule has 2 aromatic rings. The van der Waals surface area contributed by atoms with E-state index < -0.39 is 24.6 Å². The third-order valence-corrected chi connectivity index (χ3v) is 2.66. The zero-order chi connectivity index (χ0) is 14.9. The molecule has 0 bridgehead atoms. The summed E-state index contributed by atoms with van der Waals surface area (Å²) in [6, 6.07) is 3.78. The number of benzene rings is 1. The number of rotatable bonds is 4. The summed E-state index contributed by atoms with van der Waals surface area (Å²) in [5.74, 6) is -0.330. The second-order valence-electron chi connectivity index (χ2n) is 4.47. The molecule has 0 saturated heterocycles. The molecule has 20 heavy (non-hydrogen) atoms. The summed E-state index contributed by atoms with van der Waals surface area (Å²) in [4.78, 5) is 5.25. The maximum absolute atomic E-state index is 13.0. The van der Waals surface area contributed by atoms with Crippen LogP contribution >= 0.6 is 0 Å². The Morgan fingerprint density at radius 2 is 2.10 bits per heavy atom. The Morgan fingerprint density at radius 3 is 2.75 bits per heavy atom. The maximum Gasteiger partial charge on any atom is 0.415 e. The van der Waals surface area contributed by atoms with Crippen LogP contribution in [0.3, 0.4) is 0 Å². The van der Waals surface area contributed by atoms with E-state index in [0.29, 0.717) is 5.52 Å². The molecule has 1 aromatic carbocycles. The van der Waals surface area contributed by atoms with Gasteiger partial charge in [-0.2, -0.15) is 13.2 Å². The van der Waals surface area contributed by atoms with Gasteiger partial charge in [-0.05, 0) is 19.2 Å². The van der Waals surface area contributed by atoms with E-state index in [-0.39, 0.29) is 18.0 Å². The van der Waals surface area contributed by atoms with Crippen molar-refractivity contribution in [2.45, 2.75) is 18.8 Å². The highest BCUT2D eigenvalue weighted by molar-refractivity contribution is 5.72. The number of halogens is 4. The van der Waals surface area contributed by atoms with Gasteiger partial charge >= 0.3 is 6.18 Å². The standard InChI is InChI=1S/C12H12F4N2O2/c1-18(5-10(19)12(14,15)16)6-11-17-8-3-2-7(13)4-9(8)20-11/h2-4,10,19H,5-6H2,1H3. The molecule has 0 fully saturated rings. The van der Waals surface area contributed by atoms with Crippen LogP contribution in [0.2, 0.25) is 0 Å². The van der Waals surface area contributed by atoms with E-state index in [9.17, 15) is 17.6 Å². The van der Waals surface area contributed by atoms with Crippen LogP contribution in [0.15, 0.2) is 22.6 Å². The van der Waals surface area contributed by atoms with Crippen molar-refractivity contribution in [1.29, 1.82) is 0 Å². The Kier molecular flexibility index (Phi) is 3.96. The van der Waals surface area contributed by atoms with Crippen molar-refractivity contribution in [2.24, 2.45) is 0 Å². The topological polar surface area (TPSA) is 49.5 Å². The third-order valence-electron chi connectivity index (χ3n) is 2.66. The summed E-state index contributed by atoms with van der Waals surface area (Å²) in [5.41, 5.74) is 0.649. The van der Waals surface area contributed by atoms with Gasteiger partial charge in [0.25, 0.3) is 0 Å². The number of oxazole rings is 1. The number of hydrogen-bond acceptors (Lipinski definition) is 4. The van der Waals surface area contributed by atoms with Crippen LogP contribution in [0.1, 0.15) is 5.89 Å². The van der Waals surface area contributed by atoms with Gasteiger partial charge < -0.3 is 9.52 Å². The molecule has 0 amide bonds. The zero-order valence-corrected chi connectivity index (χ0v) is 10.5. The van der Waals surface area contributed by atoms with Crippen molar-refractivity contribution in [3.63, 3.8) is 0 Å². The molecule has 110 valence electrons. The molecule has 0 radical (unpaired) electrons. The number of alkyl halides is 3. The highest BCUT2D eigenvalue weighted by Gasteiger charge is 2.38. The van der Waals surface area contributed by atoms with Crippen LogP contribution in [-0.2, 0) is 6.54 Å². The fourth-order valence-electron chi connectivity index (χ4n) is 1.71. The van der Waals surface area contributed by atoms with Gasteiger partial charge in [-0.25, -0.2) is 9.37 Å². The molecule has 4 nitrogen and oxygen atoms in total. The number of aliphatic hydroxyl groups is 1. The Hall–Kier alpha value is -1.67. The highest BCUT2D eigenvalue weighted by Crippen LogP contribution is 2.21. The van der Waals surface area contributed by atoms with E-state index in [2.05, 4.69) is 4.98 Å². The Morgan fingerprint density at radius 1 is 1.40 bits per heavy atom. The van der Waals surface area contributed by atoms with Gasteiger partial charge in [0.2, 0.25) is 5.89 Å². The molecule has 1 aromatic heterocycles. The van der Waals surface area contributed by atoms with E-state index in [0.717, 1.165) is 6.07 Å². The average Bonchev–Trinajstić information content (AvgIpc) is 2.68. The molecule has 1 heterocycles. The Labute approximate surface area is 111 Å². The normalized spacial score (nSPS) is 14.2. The number of aliphatic hydroxyl groups excluding tert-OH is 1. The van der Waals surface area contributed by atoms with Crippen LogP contribution in [0.5, 0.6) is 0 Å². The molecule has 1 atom stereocenters. The van der Waals surface area contributed by atoms with Gasteiger partial charge in [0.05, 0.1) is 6.54 Å². The fraction of sp³-hybridized carbons (Fsp3) is 0.417. The van der Waals surface area contributed by atoms with Crippen LogP contribution in [0.25, 0.3) is 11.1 Å². The lowest BCUT2D eigenvalue weighted by Crippen LogP contribution is -2.39. The summed E-state index contributed by atoms with van der Waals surface area (Å²) in [6.07, 6.45) is -7.10. The van der Waals surface area contributed by atoms with Crippen molar-refractivity contribution in [3.8, 4) is 0 Å². The number of likely N-dealkylation sites (N-methyl/N-ethyl adjacent to an activating group) is 1. The van der Waals surface area contributed by atoms with E-state index in [1.807, 2.05) is 0 Å². The average molecular weight is 292 g/mol. The lowest BCUT2D eigenvalue weighted by Gasteiger charge is -2.20. The van der Waals surface area contributed by atoms with Crippen molar-refractivity contribution in [1.82, 2.24) is 9.88 Å². The first kappa shape index (κ1) is 14.7. The molecule has 8 heteroatoms. The summed E-state index contributed by atoms with van der Waals surface area (Å²) < 4.78 is 54.8. The van der Waals surface area contributed by atoms with Crippen molar-refractivity contribution in [3.05, 3.63) is 29.9 Å².